The van der Waals surface area contributed by atoms with E-state index in [1.807, 2.05) is 25.3 Å². The first-order valence-electron chi connectivity index (χ1n) is 8.26. The fraction of sp³-hybridized carbons (Fsp3) is 0.562. The Hall–Kier alpha value is -2.29. The number of piperidine rings is 1. The number of aromatic nitrogens is 5. The summed E-state index contributed by atoms with van der Waals surface area (Å²) in [5, 5.41) is 7.14. The zero-order valence-electron chi connectivity index (χ0n) is 14.6. The molecule has 8 nitrogen and oxygen atoms in total. The normalized spacial score (nSPS) is 16.0. The Morgan fingerprint density at radius 2 is 2.04 bits per heavy atom. The van der Waals surface area contributed by atoms with Gasteiger partial charge in [-0.3, -0.25) is 14.6 Å². The van der Waals surface area contributed by atoms with Gasteiger partial charge in [0, 0.05) is 31.5 Å². The molecular formula is C16H22N6O2S. The molecule has 1 N–H and O–H groups in total. The predicted molar refractivity (Wildman–Crippen MR) is 94.5 cm³/mol. The monoisotopic (exact) mass is 362 g/mol. The van der Waals surface area contributed by atoms with Crippen molar-refractivity contribution in [3.05, 3.63) is 23.4 Å². The number of aromatic amines is 1. The Balaban J connectivity index is 1.73. The van der Waals surface area contributed by atoms with Crippen molar-refractivity contribution < 1.29 is 9.53 Å². The van der Waals surface area contributed by atoms with Crippen molar-refractivity contribution >= 4 is 18.3 Å². The number of rotatable bonds is 2. The van der Waals surface area contributed by atoms with Crippen LogP contribution in [0.4, 0.5) is 4.79 Å². The minimum absolute atomic E-state index is 0.155. The van der Waals surface area contributed by atoms with Crippen molar-refractivity contribution in [1.29, 1.82) is 0 Å². The molecule has 0 unspecified atom stereocenters. The van der Waals surface area contributed by atoms with E-state index in [9.17, 15) is 4.79 Å². The van der Waals surface area contributed by atoms with Gasteiger partial charge in [0.05, 0.1) is 6.20 Å². The van der Waals surface area contributed by atoms with Crippen LogP contribution < -0.4 is 0 Å². The highest BCUT2D eigenvalue weighted by atomic mass is 32.1. The Morgan fingerprint density at radius 1 is 1.32 bits per heavy atom. The molecule has 3 heterocycles. The lowest BCUT2D eigenvalue weighted by atomic mass is 10.0. The third kappa shape index (κ3) is 4.04. The summed E-state index contributed by atoms with van der Waals surface area (Å²) in [6.07, 6.45) is 6.20. The minimum Gasteiger partial charge on any atom is -0.444 e. The molecule has 134 valence electrons. The maximum Gasteiger partial charge on any atom is 0.410 e. The molecule has 1 amide bonds. The number of hydrogen-bond acceptors (Lipinski definition) is 6. The fourth-order valence-corrected chi connectivity index (χ4v) is 3.15. The van der Waals surface area contributed by atoms with Crippen LogP contribution in [-0.2, 0) is 4.74 Å². The summed E-state index contributed by atoms with van der Waals surface area (Å²) < 4.78 is 7.97. The van der Waals surface area contributed by atoms with Gasteiger partial charge in [-0.15, -0.1) is 0 Å². The first kappa shape index (κ1) is 17.5. The molecule has 1 saturated heterocycles. The lowest BCUT2D eigenvalue weighted by Gasteiger charge is -2.34. The largest absolute Gasteiger partial charge is 0.444 e. The summed E-state index contributed by atoms with van der Waals surface area (Å²) in [6, 6.07) is 0.155. The van der Waals surface area contributed by atoms with E-state index in [1.165, 1.54) is 0 Å². The number of carbonyl (C=O) groups excluding carboxylic acids is 1. The van der Waals surface area contributed by atoms with Crippen LogP contribution in [0.1, 0.15) is 39.7 Å². The number of likely N-dealkylation sites (tertiary alicyclic amines) is 1. The van der Waals surface area contributed by atoms with Gasteiger partial charge in [0.1, 0.15) is 11.3 Å². The van der Waals surface area contributed by atoms with Gasteiger partial charge in [0.15, 0.2) is 10.6 Å². The van der Waals surface area contributed by atoms with E-state index in [1.54, 1.807) is 23.5 Å². The Labute approximate surface area is 151 Å². The van der Waals surface area contributed by atoms with E-state index < -0.39 is 5.60 Å². The van der Waals surface area contributed by atoms with Crippen LogP contribution in [0.2, 0.25) is 0 Å². The molecule has 1 aliphatic rings. The summed E-state index contributed by atoms with van der Waals surface area (Å²) in [4.78, 5) is 22.3. The molecule has 2 aromatic heterocycles. The standard InChI is InChI=1S/C16H22N6O2S/c1-16(2,3)24-15(23)21-8-4-11(5-9-21)22-13(19-20-14(22)25)12-10-17-6-7-18-12/h6-7,10-11H,4-5,8-9H2,1-3H3,(H,20,25). The van der Waals surface area contributed by atoms with Gasteiger partial charge in [-0.1, -0.05) is 0 Å². The highest BCUT2D eigenvalue weighted by Crippen LogP contribution is 2.28. The van der Waals surface area contributed by atoms with E-state index in [-0.39, 0.29) is 12.1 Å². The summed E-state index contributed by atoms with van der Waals surface area (Å²) in [5.41, 5.74) is 0.185. The number of H-pyrrole nitrogens is 1. The Kier molecular flexibility index (Phi) is 4.85. The van der Waals surface area contributed by atoms with Gasteiger partial charge in [-0.25, -0.2) is 9.78 Å². The van der Waals surface area contributed by atoms with Gasteiger partial charge in [0.2, 0.25) is 0 Å². The number of nitrogens with one attached hydrogen (secondary N) is 1. The average molecular weight is 362 g/mol. The van der Waals surface area contributed by atoms with Gasteiger partial charge < -0.3 is 9.64 Å². The second kappa shape index (κ2) is 6.91. The number of hydrogen-bond donors (Lipinski definition) is 1. The van der Waals surface area contributed by atoms with Gasteiger partial charge in [-0.2, -0.15) is 5.10 Å². The number of carbonyl (C=O) groups is 1. The third-order valence-corrected chi connectivity index (χ3v) is 4.27. The van der Waals surface area contributed by atoms with E-state index in [0.29, 0.717) is 29.4 Å². The van der Waals surface area contributed by atoms with Crippen LogP contribution in [0, 0.1) is 4.77 Å². The molecule has 0 atom stereocenters. The van der Waals surface area contributed by atoms with Crippen LogP contribution in [-0.4, -0.2) is 54.4 Å². The van der Waals surface area contributed by atoms with Crippen molar-refractivity contribution in [2.45, 2.75) is 45.3 Å². The number of nitrogens with zero attached hydrogens (tertiary/aromatic N) is 5. The highest BCUT2D eigenvalue weighted by molar-refractivity contribution is 7.71. The highest BCUT2D eigenvalue weighted by Gasteiger charge is 2.29. The Bertz CT molecular complexity index is 787. The second-order valence-corrected chi connectivity index (χ2v) is 7.40. The van der Waals surface area contributed by atoms with E-state index in [2.05, 4.69) is 20.2 Å². The maximum atomic E-state index is 12.2. The molecule has 0 radical (unpaired) electrons. The van der Waals surface area contributed by atoms with Gasteiger partial charge in [0.25, 0.3) is 0 Å². The molecule has 1 fully saturated rings. The molecule has 2 aromatic rings. The SMILES string of the molecule is CC(C)(C)OC(=O)N1CCC(n2c(-c3cnccn3)n[nH]c2=S)CC1. The first-order chi connectivity index (χ1) is 11.8. The lowest BCUT2D eigenvalue weighted by Crippen LogP contribution is -2.42. The molecule has 1 aliphatic heterocycles. The van der Waals surface area contributed by atoms with Crippen LogP contribution in [0.5, 0.6) is 0 Å². The molecule has 0 spiro atoms. The third-order valence-electron chi connectivity index (χ3n) is 3.98. The number of amides is 1. The Morgan fingerprint density at radius 3 is 2.64 bits per heavy atom. The maximum absolute atomic E-state index is 12.2. The molecular weight excluding hydrogens is 340 g/mol. The second-order valence-electron chi connectivity index (χ2n) is 7.01. The minimum atomic E-state index is -0.486. The molecule has 0 aromatic carbocycles. The molecule has 0 saturated carbocycles. The lowest BCUT2D eigenvalue weighted by molar-refractivity contribution is 0.0188. The van der Waals surface area contributed by atoms with Crippen LogP contribution >= 0.6 is 12.2 Å². The average Bonchev–Trinajstić information content (AvgIpc) is 2.96. The first-order valence-corrected chi connectivity index (χ1v) is 8.67. The summed E-state index contributed by atoms with van der Waals surface area (Å²) >= 11 is 5.40. The van der Waals surface area contributed by atoms with Gasteiger partial charge >= 0.3 is 6.09 Å². The van der Waals surface area contributed by atoms with E-state index >= 15 is 0 Å². The van der Waals surface area contributed by atoms with E-state index in [4.69, 9.17) is 17.0 Å². The van der Waals surface area contributed by atoms with Crippen molar-refractivity contribution in [3.63, 3.8) is 0 Å². The van der Waals surface area contributed by atoms with Crippen molar-refractivity contribution in [2.24, 2.45) is 0 Å². The fourth-order valence-electron chi connectivity index (χ4n) is 2.87. The van der Waals surface area contributed by atoms with Crippen molar-refractivity contribution in [2.75, 3.05) is 13.1 Å². The molecule has 0 bridgehead atoms. The zero-order valence-corrected chi connectivity index (χ0v) is 15.4. The molecule has 3 rings (SSSR count). The summed E-state index contributed by atoms with van der Waals surface area (Å²) in [5.74, 6) is 0.675. The van der Waals surface area contributed by atoms with E-state index in [0.717, 1.165) is 12.8 Å². The molecule has 9 heteroatoms. The van der Waals surface area contributed by atoms with Crippen LogP contribution in [0.25, 0.3) is 11.5 Å². The van der Waals surface area contributed by atoms with Gasteiger partial charge in [-0.05, 0) is 45.8 Å². The molecule has 25 heavy (non-hydrogen) atoms. The van der Waals surface area contributed by atoms with Crippen molar-refractivity contribution in [1.82, 2.24) is 29.6 Å². The summed E-state index contributed by atoms with van der Waals surface area (Å²) in [6.45, 7) is 6.85. The zero-order chi connectivity index (χ0) is 18.0. The topological polar surface area (TPSA) is 88.9 Å². The van der Waals surface area contributed by atoms with Crippen molar-refractivity contribution in [3.8, 4) is 11.5 Å². The predicted octanol–water partition coefficient (Wildman–Crippen LogP) is 2.97. The molecule has 0 aliphatic carbocycles. The quantitative estimate of drug-likeness (QED) is 0.826. The van der Waals surface area contributed by atoms with Crippen LogP contribution in [0.15, 0.2) is 18.6 Å². The summed E-state index contributed by atoms with van der Waals surface area (Å²) in [7, 11) is 0. The van der Waals surface area contributed by atoms with Crippen LogP contribution in [0.3, 0.4) is 0 Å². The smallest absolute Gasteiger partial charge is 0.410 e. The number of ether oxygens (including phenoxy) is 1.